The zero-order valence-corrected chi connectivity index (χ0v) is 11.8. The molecule has 0 radical (unpaired) electrons. The Morgan fingerprint density at radius 3 is 3.00 bits per heavy atom. The second-order valence-corrected chi connectivity index (χ2v) is 6.38. The fraction of sp³-hybridized carbons (Fsp3) is 0.467. The van der Waals surface area contributed by atoms with Crippen LogP contribution in [0.25, 0.3) is 0 Å². The fourth-order valence-electron chi connectivity index (χ4n) is 2.75. The van der Waals surface area contributed by atoms with Gasteiger partial charge in [-0.05, 0) is 55.4 Å². The smallest absolute Gasteiger partial charge is 0.0935 e. The molecule has 4 heteroatoms. The minimum Gasteiger partial charge on any atom is -0.472 e. The van der Waals surface area contributed by atoms with Crippen LogP contribution in [-0.4, -0.2) is 0 Å². The van der Waals surface area contributed by atoms with E-state index in [2.05, 4.69) is 11.5 Å². The lowest BCUT2D eigenvalue weighted by Crippen LogP contribution is -2.28. The molecule has 3 nitrogen and oxygen atoms in total. The Labute approximate surface area is 117 Å². The van der Waals surface area contributed by atoms with Gasteiger partial charge in [-0.15, -0.1) is 11.3 Å². The molecule has 0 saturated heterocycles. The number of hydrogen-bond acceptors (Lipinski definition) is 4. The molecule has 1 unspecified atom stereocenters. The molecule has 2 aromatic heterocycles. The van der Waals surface area contributed by atoms with E-state index >= 15 is 0 Å². The van der Waals surface area contributed by atoms with Crippen molar-refractivity contribution in [1.82, 2.24) is 5.43 Å². The van der Waals surface area contributed by atoms with Gasteiger partial charge in [-0.2, -0.15) is 0 Å². The molecule has 0 spiro atoms. The summed E-state index contributed by atoms with van der Waals surface area (Å²) in [6.45, 7) is 0. The molecule has 2 aromatic rings. The molecule has 1 aliphatic rings. The van der Waals surface area contributed by atoms with Crippen molar-refractivity contribution in [3.05, 3.63) is 45.5 Å². The van der Waals surface area contributed by atoms with E-state index in [4.69, 9.17) is 10.3 Å². The second kappa shape index (κ2) is 5.90. The molecule has 0 saturated carbocycles. The zero-order chi connectivity index (χ0) is 13.1. The van der Waals surface area contributed by atoms with Gasteiger partial charge >= 0.3 is 0 Å². The van der Waals surface area contributed by atoms with Gasteiger partial charge in [0.25, 0.3) is 0 Å². The first-order valence-corrected chi connectivity index (χ1v) is 7.77. The maximum absolute atomic E-state index is 5.74. The maximum atomic E-state index is 5.74. The molecule has 0 fully saturated rings. The van der Waals surface area contributed by atoms with Crippen molar-refractivity contribution in [2.75, 3.05) is 0 Å². The highest BCUT2D eigenvalue weighted by Crippen LogP contribution is 2.33. The van der Waals surface area contributed by atoms with E-state index in [0.717, 1.165) is 6.42 Å². The van der Waals surface area contributed by atoms with E-state index in [1.165, 1.54) is 42.5 Å². The van der Waals surface area contributed by atoms with Crippen molar-refractivity contribution in [3.63, 3.8) is 0 Å². The van der Waals surface area contributed by atoms with Gasteiger partial charge in [0.05, 0.1) is 18.6 Å². The summed E-state index contributed by atoms with van der Waals surface area (Å²) >= 11 is 1.93. The minimum absolute atomic E-state index is 0.189. The van der Waals surface area contributed by atoms with Gasteiger partial charge in [0.15, 0.2) is 0 Å². The Morgan fingerprint density at radius 1 is 1.32 bits per heavy atom. The summed E-state index contributed by atoms with van der Waals surface area (Å²) in [4.78, 5) is 2.93. The van der Waals surface area contributed by atoms with Crippen molar-refractivity contribution < 1.29 is 4.42 Å². The van der Waals surface area contributed by atoms with Gasteiger partial charge in [0, 0.05) is 9.75 Å². The third-order valence-electron chi connectivity index (χ3n) is 3.83. The monoisotopic (exact) mass is 276 g/mol. The van der Waals surface area contributed by atoms with Crippen molar-refractivity contribution >= 4 is 11.3 Å². The number of thiophene rings is 1. The van der Waals surface area contributed by atoms with Gasteiger partial charge in [0.1, 0.15) is 0 Å². The Kier molecular flexibility index (Phi) is 4.01. The van der Waals surface area contributed by atoms with Crippen LogP contribution in [0.5, 0.6) is 0 Å². The summed E-state index contributed by atoms with van der Waals surface area (Å²) in [5, 5.41) is 0. The van der Waals surface area contributed by atoms with Gasteiger partial charge in [-0.25, -0.2) is 0 Å². The number of hydrogen-bond donors (Lipinski definition) is 2. The van der Waals surface area contributed by atoms with Gasteiger partial charge in [-0.1, -0.05) is 6.42 Å². The third kappa shape index (κ3) is 2.91. The van der Waals surface area contributed by atoms with E-state index in [-0.39, 0.29) is 6.04 Å². The van der Waals surface area contributed by atoms with Crippen LogP contribution in [0.1, 0.15) is 46.2 Å². The number of rotatable bonds is 4. The van der Waals surface area contributed by atoms with Crippen LogP contribution in [0.15, 0.2) is 29.1 Å². The quantitative estimate of drug-likeness (QED) is 0.511. The number of fused-ring (bicyclic) bond motifs is 1. The van der Waals surface area contributed by atoms with E-state index < -0.39 is 0 Å². The van der Waals surface area contributed by atoms with E-state index in [9.17, 15) is 0 Å². The highest BCUT2D eigenvalue weighted by atomic mass is 32.1. The Bertz CT molecular complexity index is 495. The topological polar surface area (TPSA) is 51.2 Å². The number of hydrazine groups is 1. The first kappa shape index (κ1) is 12.9. The summed E-state index contributed by atoms with van der Waals surface area (Å²) in [6.07, 6.45) is 10.9. The zero-order valence-electron chi connectivity index (χ0n) is 11.0. The summed E-state index contributed by atoms with van der Waals surface area (Å²) in [6, 6.07) is 4.55. The van der Waals surface area contributed by atoms with Crippen LogP contribution in [0.4, 0.5) is 0 Å². The van der Waals surface area contributed by atoms with Crippen molar-refractivity contribution in [2.45, 2.75) is 44.6 Å². The molecule has 3 N–H and O–H groups in total. The summed E-state index contributed by atoms with van der Waals surface area (Å²) in [5.74, 6) is 5.74. The molecular weight excluding hydrogens is 256 g/mol. The fourth-order valence-corrected chi connectivity index (χ4v) is 4.07. The molecule has 19 heavy (non-hydrogen) atoms. The number of aryl methyl sites for hydroxylation is 2. The van der Waals surface area contributed by atoms with Gasteiger partial charge in [-0.3, -0.25) is 11.3 Å². The largest absolute Gasteiger partial charge is 0.472 e. The van der Waals surface area contributed by atoms with Gasteiger partial charge in [0.2, 0.25) is 0 Å². The summed E-state index contributed by atoms with van der Waals surface area (Å²) in [5.41, 5.74) is 5.68. The molecule has 3 rings (SSSR count). The molecule has 102 valence electrons. The maximum Gasteiger partial charge on any atom is 0.0935 e. The van der Waals surface area contributed by atoms with Crippen molar-refractivity contribution in [3.8, 4) is 0 Å². The molecule has 0 aromatic carbocycles. The average Bonchev–Trinajstić information content (AvgIpc) is 3.02. The van der Waals surface area contributed by atoms with Crippen LogP contribution in [0, 0.1) is 0 Å². The van der Waals surface area contributed by atoms with E-state index in [0.29, 0.717) is 0 Å². The SMILES string of the molecule is NNC(Cc1ccoc1)c1cc2c(s1)CCCCC2. The first-order valence-electron chi connectivity index (χ1n) is 6.95. The van der Waals surface area contributed by atoms with E-state index in [1.807, 2.05) is 17.4 Å². The molecule has 0 bridgehead atoms. The highest BCUT2D eigenvalue weighted by Gasteiger charge is 2.18. The predicted octanol–water partition coefficient (Wildman–Crippen LogP) is 3.36. The van der Waals surface area contributed by atoms with Crippen molar-refractivity contribution in [1.29, 1.82) is 0 Å². The Balaban J connectivity index is 1.79. The van der Waals surface area contributed by atoms with Crippen molar-refractivity contribution in [2.24, 2.45) is 5.84 Å². The lowest BCUT2D eigenvalue weighted by molar-refractivity contribution is 0.540. The van der Waals surface area contributed by atoms with Crippen LogP contribution in [-0.2, 0) is 19.3 Å². The normalized spacial score (nSPS) is 16.9. The minimum atomic E-state index is 0.189. The Hall–Kier alpha value is -1.10. The summed E-state index contributed by atoms with van der Waals surface area (Å²) < 4.78 is 5.13. The molecule has 2 heterocycles. The standard InChI is InChI=1S/C15H20N2OS/c16-17-13(8-11-6-7-18-10-11)15-9-12-4-2-1-3-5-14(12)19-15/h6-7,9-10,13,17H,1-5,8,16H2. The van der Waals surface area contributed by atoms with Crippen LogP contribution in [0.2, 0.25) is 0 Å². The lowest BCUT2D eigenvalue weighted by atomic mass is 10.1. The van der Waals surface area contributed by atoms with Crippen LogP contribution in [0.3, 0.4) is 0 Å². The molecule has 1 atom stereocenters. The number of nitrogens with one attached hydrogen (secondary N) is 1. The molecular formula is C15H20N2OS. The Morgan fingerprint density at radius 2 is 2.21 bits per heavy atom. The average molecular weight is 276 g/mol. The predicted molar refractivity (Wildman–Crippen MR) is 78.1 cm³/mol. The molecule has 0 aliphatic heterocycles. The second-order valence-electron chi connectivity index (χ2n) is 5.21. The lowest BCUT2D eigenvalue weighted by Gasteiger charge is -2.12. The summed E-state index contributed by atoms with van der Waals surface area (Å²) in [7, 11) is 0. The first-order chi connectivity index (χ1) is 9.36. The molecule has 1 aliphatic carbocycles. The van der Waals surface area contributed by atoms with E-state index in [1.54, 1.807) is 23.0 Å². The highest BCUT2D eigenvalue weighted by molar-refractivity contribution is 7.12. The number of nitrogens with two attached hydrogens (primary N) is 1. The molecule has 0 amide bonds. The van der Waals surface area contributed by atoms with Crippen LogP contribution >= 0.6 is 11.3 Å². The third-order valence-corrected chi connectivity index (χ3v) is 5.18. The van der Waals surface area contributed by atoms with Crippen LogP contribution < -0.4 is 11.3 Å². The van der Waals surface area contributed by atoms with Gasteiger partial charge < -0.3 is 4.42 Å². The number of furan rings is 1.